The fourth-order valence-electron chi connectivity index (χ4n) is 1.39. The summed E-state index contributed by atoms with van der Waals surface area (Å²) in [4.78, 5) is 1.26. The maximum absolute atomic E-state index is 5.62. The van der Waals surface area contributed by atoms with Gasteiger partial charge in [0.1, 0.15) is 0 Å². The molecule has 0 unspecified atom stereocenters. The number of halogens is 1. The number of nitrogens with two attached hydrogens (primary N) is 1. The van der Waals surface area contributed by atoms with E-state index in [1.807, 2.05) is 0 Å². The second-order valence-electron chi connectivity index (χ2n) is 2.99. The maximum Gasteiger partial charge on any atom is 0.0708 e. The summed E-state index contributed by atoms with van der Waals surface area (Å²) in [6.45, 7) is 2.60. The molecule has 5 heteroatoms. The number of aromatic amines is 1. The lowest BCUT2D eigenvalue weighted by atomic mass is 10.1. The van der Waals surface area contributed by atoms with Gasteiger partial charge in [-0.2, -0.15) is 5.10 Å². The molecule has 0 spiro atoms. The lowest BCUT2D eigenvalue weighted by molar-refractivity contribution is 1.08. The molecule has 0 aliphatic rings. The van der Waals surface area contributed by atoms with E-state index in [1.165, 1.54) is 10.4 Å². The van der Waals surface area contributed by atoms with Gasteiger partial charge in [0.05, 0.1) is 15.7 Å². The van der Waals surface area contributed by atoms with Gasteiger partial charge in [0, 0.05) is 22.5 Å². The first-order valence-corrected chi connectivity index (χ1v) is 5.82. The monoisotopic (exact) mass is 271 g/mol. The number of hydrogen-bond acceptors (Lipinski definition) is 3. The van der Waals surface area contributed by atoms with E-state index in [-0.39, 0.29) is 0 Å². The van der Waals surface area contributed by atoms with Crippen molar-refractivity contribution >= 4 is 27.3 Å². The molecule has 0 saturated heterocycles. The molecular formula is C9H10BrN3S. The predicted octanol–water partition coefficient (Wildman–Crippen LogP) is 2.67. The molecule has 74 valence electrons. The molecule has 3 N–H and O–H groups in total. The number of thiophene rings is 1. The van der Waals surface area contributed by atoms with Crippen molar-refractivity contribution in [1.29, 1.82) is 0 Å². The van der Waals surface area contributed by atoms with Gasteiger partial charge in [-0.05, 0) is 28.9 Å². The number of H-pyrrole nitrogens is 1. The lowest BCUT2D eigenvalue weighted by Crippen LogP contribution is -1.96. The summed E-state index contributed by atoms with van der Waals surface area (Å²) >= 11 is 5.18. The SMILES string of the molecule is Cc1sc(Br)cc1-c1[nH]ncc1CN. The number of nitrogens with zero attached hydrogens (tertiary/aromatic N) is 1. The van der Waals surface area contributed by atoms with E-state index in [2.05, 4.69) is 39.1 Å². The summed E-state index contributed by atoms with van der Waals surface area (Å²) in [5.74, 6) is 0. The molecule has 0 bridgehead atoms. The van der Waals surface area contributed by atoms with Crippen molar-refractivity contribution in [2.45, 2.75) is 13.5 Å². The van der Waals surface area contributed by atoms with Crippen LogP contribution in [0.3, 0.4) is 0 Å². The minimum atomic E-state index is 0.513. The van der Waals surface area contributed by atoms with Crippen molar-refractivity contribution in [2.24, 2.45) is 5.73 Å². The van der Waals surface area contributed by atoms with Crippen LogP contribution in [-0.4, -0.2) is 10.2 Å². The van der Waals surface area contributed by atoms with Crippen LogP contribution in [0.15, 0.2) is 16.0 Å². The smallest absolute Gasteiger partial charge is 0.0708 e. The van der Waals surface area contributed by atoms with Crippen molar-refractivity contribution in [3.05, 3.63) is 26.5 Å². The second kappa shape index (κ2) is 3.84. The van der Waals surface area contributed by atoms with Gasteiger partial charge < -0.3 is 5.73 Å². The van der Waals surface area contributed by atoms with Crippen LogP contribution in [0.25, 0.3) is 11.3 Å². The molecule has 0 atom stereocenters. The summed E-state index contributed by atoms with van der Waals surface area (Å²) in [5, 5.41) is 6.99. The van der Waals surface area contributed by atoms with Crippen molar-refractivity contribution in [2.75, 3.05) is 0 Å². The van der Waals surface area contributed by atoms with Crippen molar-refractivity contribution in [1.82, 2.24) is 10.2 Å². The Morgan fingerprint density at radius 2 is 2.43 bits per heavy atom. The van der Waals surface area contributed by atoms with E-state index in [1.54, 1.807) is 17.5 Å². The molecule has 3 nitrogen and oxygen atoms in total. The van der Waals surface area contributed by atoms with Crippen LogP contribution in [-0.2, 0) is 6.54 Å². The van der Waals surface area contributed by atoms with Crippen molar-refractivity contribution in [3.8, 4) is 11.3 Å². The highest BCUT2D eigenvalue weighted by Crippen LogP contribution is 2.34. The van der Waals surface area contributed by atoms with Crippen LogP contribution in [0.2, 0.25) is 0 Å². The minimum absolute atomic E-state index is 0.513. The first-order chi connectivity index (χ1) is 6.72. The minimum Gasteiger partial charge on any atom is -0.326 e. The van der Waals surface area contributed by atoms with E-state index in [0.717, 1.165) is 15.0 Å². The van der Waals surface area contributed by atoms with Crippen LogP contribution in [0.5, 0.6) is 0 Å². The Balaban J connectivity index is 2.53. The molecule has 0 aliphatic heterocycles. The maximum atomic E-state index is 5.62. The van der Waals surface area contributed by atoms with Gasteiger partial charge in [-0.25, -0.2) is 0 Å². The molecule has 0 amide bonds. The van der Waals surface area contributed by atoms with Crippen LogP contribution in [0, 0.1) is 6.92 Å². The largest absolute Gasteiger partial charge is 0.326 e. The summed E-state index contributed by atoms with van der Waals surface area (Å²) < 4.78 is 1.13. The van der Waals surface area contributed by atoms with Crippen LogP contribution in [0.4, 0.5) is 0 Å². The Hall–Kier alpha value is -0.650. The Morgan fingerprint density at radius 1 is 1.64 bits per heavy atom. The molecule has 0 aromatic carbocycles. The van der Waals surface area contributed by atoms with Crippen molar-refractivity contribution in [3.63, 3.8) is 0 Å². The zero-order valence-corrected chi connectivity index (χ0v) is 10.1. The number of nitrogens with one attached hydrogen (secondary N) is 1. The summed E-state index contributed by atoms with van der Waals surface area (Å²) in [7, 11) is 0. The lowest BCUT2D eigenvalue weighted by Gasteiger charge is -1.98. The van der Waals surface area contributed by atoms with E-state index in [4.69, 9.17) is 5.73 Å². The van der Waals surface area contributed by atoms with E-state index in [0.29, 0.717) is 6.54 Å². The first-order valence-electron chi connectivity index (χ1n) is 4.21. The average molecular weight is 272 g/mol. The Bertz CT molecular complexity index is 447. The van der Waals surface area contributed by atoms with Gasteiger partial charge in [0.25, 0.3) is 0 Å². The van der Waals surface area contributed by atoms with Crippen LogP contribution in [0.1, 0.15) is 10.4 Å². The zero-order chi connectivity index (χ0) is 10.1. The molecule has 2 aromatic rings. The molecule has 2 aromatic heterocycles. The van der Waals surface area contributed by atoms with Crippen molar-refractivity contribution < 1.29 is 0 Å². The molecule has 0 saturated carbocycles. The van der Waals surface area contributed by atoms with E-state index in [9.17, 15) is 0 Å². The number of hydrogen-bond donors (Lipinski definition) is 2. The normalized spacial score (nSPS) is 10.8. The third kappa shape index (κ3) is 1.63. The Morgan fingerprint density at radius 3 is 3.00 bits per heavy atom. The van der Waals surface area contributed by atoms with Gasteiger partial charge in [0.2, 0.25) is 0 Å². The topological polar surface area (TPSA) is 54.7 Å². The van der Waals surface area contributed by atoms with Gasteiger partial charge in [-0.1, -0.05) is 0 Å². The second-order valence-corrected chi connectivity index (χ2v) is 5.63. The van der Waals surface area contributed by atoms with Crippen LogP contribution < -0.4 is 5.73 Å². The molecule has 0 radical (unpaired) electrons. The third-order valence-corrected chi connectivity index (χ3v) is 3.65. The summed E-state index contributed by atoms with van der Waals surface area (Å²) in [5.41, 5.74) is 8.89. The highest BCUT2D eigenvalue weighted by atomic mass is 79.9. The highest BCUT2D eigenvalue weighted by Gasteiger charge is 2.11. The molecular weight excluding hydrogens is 262 g/mol. The molecule has 0 aliphatic carbocycles. The number of aryl methyl sites for hydroxylation is 1. The molecule has 2 heterocycles. The van der Waals surface area contributed by atoms with Gasteiger partial charge >= 0.3 is 0 Å². The Kier molecular flexibility index (Phi) is 2.71. The van der Waals surface area contributed by atoms with E-state index >= 15 is 0 Å². The molecule has 0 fully saturated rings. The third-order valence-electron chi connectivity index (χ3n) is 2.09. The fourth-order valence-corrected chi connectivity index (χ4v) is 3.09. The predicted molar refractivity (Wildman–Crippen MR) is 62.2 cm³/mol. The van der Waals surface area contributed by atoms with Gasteiger partial charge in [-0.3, -0.25) is 5.10 Å². The molecule has 2 rings (SSSR count). The average Bonchev–Trinajstić information content (AvgIpc) is 2.71. The Labute approximate surface area is 94.5 Å². The van der Waals surface area contributed by atoms with Gasteiger partial charge in [-0.15, -0.1) is 11.3 Å². The number of rotatable bonds is 2. The quantitative estimate of drug-likeness (QED) is 0.883. The molecule has 14 heavy (non-hydrogen) atoms. The summed E-state index contributed by atoms with van der Waals surface area (Å²) in [6.07, 6.45) is 1.78. The zero-order valence-electron chi connectivity index (χ0n) is 7.67. The van der Waals surface area contributed by atoms with Crippen LogP contribution >= 0.6 is 27.3 Å². The highest BCUT2D eigenvalue weighted by molar-refractivity contribution is 9.11. The van der Waals surface area contributed by atoms with Gasteiger partial charge in [0.15, 0.2) is 0 Å². The fraction of sp³-hybridized carbons (Fsp3) is 0.222. The standard InChI is InChI=1S/C9H10BrN3S/c1-5-7(2-8(10)14-5)9-6(3-11)4-12-13-9/h2,4H,3,11H2,1H3,(H,12,13). The van der Waals surface area contributed by atoms with E-state index < -0.39 is 0 Å². The first kappa shape index (κ1) is 9.89. The number of aromatic nitrogens is 2. The summed E-state index contributed by atoms with van der Waals surface area (Å²) in [6, 6.07) is 2.09.